The zero-order chi connectivity index (χ0) is 18.5. The third kappa shape index (κ3) is 2.65. The van der Waals surface area contributed by atoms with Crippen LogP contribution in [0.5, 0.6) is 0 Å². The van der Waals surface area contributed by atoms with E-state index in [0.29, 0.717) is 16.6 Å². The van der Waals surface area contributed by atoms with E-state index in [1.807, 2.05) is 0 Å². The lowest BCUT2D eigenvalue weighted by Crippen LogP contribution is -2.09. The average molecular weight is 361 g/mol. The van der Waals surface area contributed by atoms with Gasteiger partial charge in [-0.2, -0.15) is 23.3 Å². The molecule has 3 aromatic heterocycles. The van der Waals surface area contributed by atoms with Crippen LogP contribution in [0.3, 0.4) is 0 Å². The fourth-order valence-corrected chi connectivity index (χ4v) is 2.57. The molecule has 7 nitrogen and oxygen atoms in total. The van der Waals surface area contributed by atoms with Crippen molar-refractivity contribution in [1.82, 2.24) is 24.5 Å². The molecule has 0 aliphatic heterocycles. The average Bonchev–Trinajstić information content (AvgIpc) is 3.32. The molecule has 0 atom stereocenters. The Kier molecular flexibility index (Phi) is 3.43. The van der Waals surface area contributed by atoms with Gasteiger partial charge in [-0.25, -0.2) is 0 Å². The second-order valence-electron chi connectivity index (χ2n) is 5.59. The lowest BCUT2D eigenvalue weighted by atomic mass is 10.1. The Balaban J connectivity index is 1.77. The third-order valence-electron chi connectivity index (χ3n) is 3.79. The fraction of sp³-hybridized carbons (Fsp3) is 0.125. The SMILES string of the molecule is Cn1cc(C(=O)n2ccc3ccc(-c4noc(C(F)(F)F)n4)cc32)cn1. The first-order valence-electron chi connectivity index (χ1n) is 7.39. The van der Waals surface area contributed by atoms with E-state index in [9.17, 15) is 18.0 Å². The Morgan fingerprint density at radius 1 is 1.23 bits per heavy atom. The van der Waals surface area contributed by atoms with Crippen molar-refractivity contribution in [1.29, 1.82) is 0 Å². The first kappa shape index (κ1) is 16.1. The van der Waals surface area contributed by atoms with E-state index in [1.165, 1.54) is 21.5 Å². The topological polar surface area (TPSA) is 78.7 Å². The lowest BCUT2D eigenvalue weighted by Gasteiger charge is -2.03. The quantitative estimate of drug-likeness (QED) is 0.548. The highest BCUT2D eigenvalue weighted by Crippen LogP contribution is 2.30. The highest BCUT2D eigenvalue weighted by molar-refractivity contribution is 6.02. The molecule has 4 aromatic rings. The predicted molar refractivity (Wildman–Crippen MR) is 83.2 cm³/mol. The van der Waals surface area contributed by atoms with Crippen LogP contribution in [-0.2, 0) is 13.2 Å². The lowest BCUT2D eigenvalue weighted by molar-refractivity contribution is -0.159. The minimum absolute atomic E-state index is 0.208. The van der Waals surface area contributed by atoms with Crippen molar-refractivity contribution >= 4 is 16.8 Å². The number of aromatic nitrogens is 5. The van der Waals surface area contributed by atoms with Gasteiger partial charge in [-0.05, 0) is 12.1 Å². The van der Waals surface area contributed by atoms with E-state index in [0.717, 1.165) is 5.39 Å². The monoisotopic (exact) mass is 361 g/mol. The summed E-state index contributed by atoms with van der Waals surface area (Å²) in [5, 5.41) is 8.07. The molecule has 0 aliphatic carbocycles. The van der Waals surface area contributed by atoms with Crippen LogP contribution in [0.1, 0.15) is 16.2 Å². The van der Waals surface area contributed by atoms with Gasteiger partial charge in [0.2, 0.25) is 5.82 Å². The molecule has 0 N–H and O–H groups in total. The molecule has 10 heteroatoms. The van der Waals surface area contributed by atoms with E-state index in [4.69, 9.17) is 0 Å². The molecule has 4 rings (SSSR count). The van der Waals surface area contributed by atoms with Gasteiger partial charge in [0.05, 0.1) is 17.3 Å². The molecule has 0 aliphatic rings. The number of benzene rings is 1. The number of alkyl halides is 3. The smallest absolute Gasteiger partial charge is 0.329 e. The van der Waals surface area contributed by atoms with Crippen molar-refractivity contribution in [3.8, 4) is 11.4 Å². The number of rotatable bonds is 2. The molecule has 26 heavy (non-hydrogen) atoms. The Morgan fingerprint density at radius 3 is 2.69 bits per heavy atom. The molecule has 0 radical (unpaired) electrons. The van der Waals surface area contributed by atoms with Gasteiger partial charge in [0.15, 0.2) is 0 Å². The summed E-state index contributed by atoms with van der Waals surface area (Å²) >= 11 is 0. The van der Waals surface area contributed by atoms with Crippen LogP contribution in [0.25, 0.3) is 22.3 Å². The molecule has 0 saturated heterocycles. The van der Waals surface area contributed by atoms with Crippen LogP contribution in [0.4, 0.5) is 13.2 Å². The van der Waals surface area contributed by atoms with Gasteiger partial charge < -0.3 is 4.52 Å². The Morgan fingerprint density at radius 2 is 2.04 bits per heavy atom. The molecular formula is C16H10F3N5O2. The molecule has 1 aromatic carbocycles. The van der Waals surface area contributed by atoms with Crippen LogP contribution in [0.2, 0.25) is 0 Å². The normalized spacial score (nSPS) is 12.0. The number of carbonyl (C=O) groups excluding carboxylic acids is 1. The van der Waals surface area contributed by atoms with Gasteiger partial charge in [-0.1, -0.05) is 17.3 Å². The number of aryl methyl sites for hydroxylation is 1. The molecule has 132 valence electrons. The zero-order valence-corrected chi connectivity index (χ0v) is 13.2. The summed E-state index contributed by atoms with van der Waals surface area (Å²) in [5.74, 6) is -1.94. The summed E-state index contributed by atoms with van der Waals surface area (Å²) in [7, 11) is 1.69. The maximum atomic E-state index is 12.6. The van der Waals surface area contributed by atoms with E-state index in [2.05, 4.69) is 19.8 Å². The summed E-state index contributed by atoms with van der Waals surface area (Å²) in [4.78, 5) is 16.0. The highest BCUT2D eigenvalue weighted by Gasteiger charge is 2.38. The number of nitrogens with zero attached hydrogens (tertiary/aromatic N) is 5. The molecule has 0 bridgehead atoms. The van der Waals surface area contributed by atoms with Crippen molar-refractivity contribution in [2.24, 2.45) is 7.05 Å². The van der Waals surface area contributed by atoms with Crippen molar-refractivity contribution < 1.29 is 22.5 Å². The second-order valence-corrected chi connectivity index (χ2v) is 5.59. The molecule has 3 heterocycles. The van der Waals surface area contributed by atoms with Crippen LogP contribution in [0, 0.1) is 0 Å². The van der Waals surface area contributed by atoms with Crippen LogP contribution in [0.15, 0.2) is 47.4 Å². The van der Waals surface area contributed by atoms with Gasteiger partial charge in [0.1, 0.15) is 0 Å². The largest absolute Gasteiger partial charge is 0.471 e. The standard InChI is InChI=1S/C16H10F3N5O2/c1-23-8-11(7-20-23)14(25)24-5-4-9-2-3-10(6-12(9)24)13-21-15(26-22-13)16(17,18)19/h2-8H,1H3. The first-order chi connectivity index (χ1) is 12.3. The number of carbonyl (C=O) groups is 1. The number of fused-ring (bicyclic) bond motifs is 1. The van der Waals surface area contributed by atoms with Crippen LogP contribution < -0.4 is 0 Å². The van der Waals surface area contributed by atoms with Gasteiger partial charge in [-0.3, -0.25) is 14.0 Å². The van der Waals surface area contributed by atoms with Crippen molar-refractivity contribution in [3.05, 3.63) is 54.3 Å². The van der Waals surface area contributed by atoms with Crippen molar-refractivity contribution in [2.75, 3.05) is 0 Å². The maximum Gasteiger partial charge on any atom is 0.471 e. The van der Waals surface area contributed by atoms with Gasteiger partial charge in [0, 0.05) is 30.4 Å². The summed E-state index contributed by atoms with van der Waals surface area (Å²) in [5.41, 5.74) is 1.19. The van der Waals surface area contributed by atoms with Crippen LogP contribution in [-0.4, -0.2) is 30.4 Å². The van der Waals surface area contributed by atoms with Gasteiger partial charge >= 0.3 is 12.1 Å². The zero-order valence-electron chi connectivity index (χ0n) is 13.2. The van der Waals surface area contributed by atoms with Crippen molar-refractivity contribution in [3.63, 3.8) is 0 Å². The predicted octanol–water partition coefficient (Wildman–Crippen LogP) is 3.13. The molecule has 0 fully saturated rings. The summed E-state index contributed by atoms with van der Waals surface area (Å²) < 4.78 is 45.0. The highest BCUT2D eigenvalue weighted by atomic mass is 19.4. The maximum absolute atomic E-state index is 12.6. The molecule has 0 amide bonds. The Labute approximate surface area is 143 Å². The molecule has 0 spiro atoms. The van der Waals surface area contributed by atoms with Crippen molar-refractivity contribution in [2.45, 2.75) is 6.18 Å². The second kappa shape index (κ2) is 5.55. The van der Waals surface area contributed by atoms with E-state index >= 15 is 0 Å². The number of hydrogen-bond donors (Lipinski definition) is 0. The number of hydrogen-bond acceptors (Lipinski definition) is 5. The molecule has 0 saturated carbocycles. The number of halogens is 3. The fourth-order valence-electron chi connectivity index (χ4n) is 2.57. The summed E-state index contributed by atoms with van der Waals surface area (Å²) in [6.45, 7) is 0. The minimum atomic E-state index is -4.72. The Hall–Kier alpha value is -3.43. The van der Waals surface area contributed by atoms with E-state index in [-0.39, 0.29) is 11.7 Å². The molecule has 0 unspecified atom stereocenters. The first-order valence-corrected chi connectivity index (χ1v) is 7.39. The van der Waals surface area contributed by atoms with Crippen LogP contribution >= 0.6 is 0 Å². The Bertz CT molecular complexity index is 1120. The molecular weight excluding hydrogens is 351 g/mol. The van der Waals surface area contributed by atoms with Gasteiger partial charge in [-0.15, -0.1) is 0 Å². The third-order valence-corrected chi connectivity index (χ3v) is 3.79. The summed E-state index contributed by atoms with van der Waals surface area (Å²) in [6, 6.07) is 6.49. The summed E-state index contributed by atoms with van der Waals surface area (Å²) in [6.07, 6.45) is -0.118. The minimum Gasteiger partial charge on any atom is -0.329 e. The van der Waals surface area contributed by atoms with Gasteiger partial charge in [0.25, 0.3) is 5.91 Å². The van der Waals surface area contributed by atoms with E-state index < -0.39 is 12.1 Å². The van der Waals surface area contributed by atoms with E-state index in [1.54, 1.807) is 37.6 Å².